The van der Waals surface area contributed by atoms with E-state index in [2.05, 4.69) is 10.6 Å². The number of piperidine rings is 1. The first-order valence-electron chi connectivity index (χ1n) is 10.6. The molecular formula is C23H29ClN4O3. The van der Waals surface area contributed by atoms with Crippen molar-refractivity contribution >= 4 is 35.6 Å². The Balaban J connectivity index is 0.00000272. The zero-order chi connectivity index (χ0) is 21.3. The molecule has 2 saturated heterocycles. The Bertz CT molecular complexity index is 1040. The van der Waals surface area contributed by atoms with Crippen LogP contribution in [0.4, 0.5) is 11.4 Å². The molecule has 0 radical (unpaired) electrons. The lowest BCUT2D eigenvalue weighted by atomic mass is 10.0. The Hall–Kier alpha value is -2.64. The summed E-state index contributed by atoms with van der Waals surface area (Å²) >= 11 is 0. The largest absolute Gasteiger partial charge is 0.322 e. The van der Waals surface area contributed by atoms with Gasteiger partial charge < -0.3 is 20.1 Å². The third kappa shape index (κ3) is 4.67. The number of carbonyl (C=O) groups excluding carboxylic acids is 2. The van der Waals surface area contributed by atoms with Crippen LogP contribution in [-0.4, -0.2) is 36.0 Å². The van der Waals surface area contributed by atoms with Gasteiger partial charge in [-0.3, -0.25) is 14.4 Å². The van der Waals surface area contributed by atoms with Crippen LogP contribution in [0, 0.1) is 13.8 Å². The van der Waals surface area contributed by atoms with E-state index in [1.165, 1.54) is 0 Å². The number of halogens is 1. The van der Waals surface area contributed by atoms with Crippen molar-refractivity contribution in [3.05, 3.63) is 57.5 Å². The van der Waals surface area contributed by atoms with Crippen molar-refractivity contribution in [3.63, 3.8) is 0 Å². The first-order valence-corrected chi connectivity index (χ1v) is 10.6. The number of aryl methyl sites for hydroxylation is 2. The third-order valence-corrected chi connectivity index (χ3v) is 6.09. The summed E-state index contributed by atoms with van der Waals surface area (Å²) in [5.74, 6) is -0.311. The average molecular weight is 445 g/mol. The molecule has 2 fully saturated rings. The highest BCUT2D eigenvalue weighted by Gasteiger charge is 2.24. The van der Waals surface area contributed by atoms with Crippen molar-refractivity contribution in [2.75, 3.05) is 29.9 Å². The predicted octanol–water partition coefficient (Wildman–Crippen LogP) is 3.19. The van der Waals surface area contributed by atoms with Crippen LogP contribution in [0.2, 0.25) is 0 Å². The minimum absolute atomic E-state index is 0. The van der Waals surface area contributed by atoms with Crippen LogP contribution >= 0.6 is 12.4 Å². The molecule has 2 aromatic rings. The molecule has 8 heteroatoms. The van der Waals surface area contributed by atoms with Gasteiger partial charge in [-0.1, -0.05) is 6.07 Å². The topological polar surface area (TPSA) is 83.4 Å². The molecule has 2 aliphatic rings. The van der Waals surface area contributed by atoms with Crippen LogP contribution in [0.5, 0.6) is 0 Å². The number of amides is 2. The van der Waals surface area contributed by atoms with E-state index >= 15 is 0 Å². The zero-order valence-electron chi connectivity index (χ0n) is 17.9. The van der Waals surface area contributed by atoms with Crippen LogP contribution < -0.4 is 21.1 Å². The lowest BCUT2D eigenvalue weighted by molar-refractivity contribution is -0.117. The molecule has 166 valence electrons. The maximum Gasteiger partial charge on any atom is 0.263 e. The number of carbonyl (C=O) groups is 2. The molecule has 0 saturated carbocycles. The van der Waals surface area contributed by atoms with Crippen LogP contribution in [-0.2, 0) is 4.79 Å². The van der Waals surface area contributed by atoms with Crippen LogP contribution in [0.3, 0.4) is 0 Å². The fourth-order valence-electron chi connectivity index (χ4n) is 4.36. The Morgan fingerprint density at radius 2 is 1.84 bits per heavy atom. The van der Waals surface area contributed by atoms with E-state index in [0.29, 0.717) is 24.2 Å². The first kappa shape index (κ1) is 23.0. The summed E-state index contributed by atoms with van der Waals surface area (Å²) in [6.45, 7) is 6.16. The van der Waals surface area contributed by atoms with Crippen molar-refractivity contribution in [1.29, 1.82) is 0 Å². The molecule has 0 atom stereocenters. The number of aromatic nitrogens is 1. The van der Waals surface area contributed by atoms with Gasteiger partial charge in [0, 0.05) is 36.6 Å². The summed E-state index contributed by atoms with van der Waals surface area (Å²) in [4.78, 5) is 40.1. The summed E-state index contributed by atoms with van der Waals surface area (Å²) < 4.78 is 1.70. The van der Waals surface area contributed by atoms with Crippen molar-refractivity contribution < 1.29 is 9.59 Å². The van der Waals surface area contributed by atoms with Gasteiger partial charge in [0.15, 0.2) is 0 Å². The number of pyridine rings is 1. The lowest BCUT2D eigenvalue weighted by Gasteiger charge is -2.25. The average Bonchev–Trinajstić information content (AvgIpc) is 3.16. The van der Waals surface area contributed by atoms with Gasteiger partial charge in [0.1, 0.15) is 5.56 Å². The molecule has 31 heavy (non-hydrogen) atoms. The Morgan fingerprint density at radius 1 is 1.10 bits per heavy atom. The summed E-state index contributed by atoms with van der Waals surface area (Å²) in [6, 6.07) is 7.46. The number of nitrogens with one attached hydrogen (secondary N) is 2. The van der Waals surface area contributed by atoms with E-state index in [1.54, 1.807) is 28.7 Å². The molecule has 2 amide bonds. The normalized spacial score (nSPS) is 16.8. The standard InChI is InChI=1S/C23H28N4O3.ClH/c1-15-5-6-17(14-19(15)27-12-3-4-20(27)28)25-22(29)21-16(2)9-13-26(23(21)30)18-7-10-24-11-8-18;/h5-6,9,13-14,18,24H,3-4,7-8,10-12H2,1-2H3,(H,25,29);1H. The van der Waals surface area contributed by atoms with Crippen LogP contribution in [0.25, 0.3) is 0 Å². The van der Waals surface area contributed by atoms with Gasteiger partial charge >= 0.3 is 0 Å². The number of anilines is 2. The fraction of sp³-hybridized carbons (Fsp3) is 0.435. The highest BCUT2D eigenvalue weighted by Crippen LogP contribution is 2.28. The van der Waals surface area contributed by atoms with Gasteiger partial charge in [-0.05, 0) is 75.5 Å². The predicted molar refractivity (Wildman–Crippen MR) is 125 cm³/mol. The van der Waals surface area contributed by atoms with Gasteiger partial charge in [0.05, 0.1) is 0 Å². The van der Waals surface area contributed by atoms with E-state index in [9.17, 15) is 14.4 Å². The molecule has 4 rings (SSSR count). The van der Waals surface area contributed by atoms with Crippen molar-refractivity contribution in [2.45, 2.75) is 45.6 Å². The Morgan fingerprint density at radius 3 is 2.52 bits per heavy atom. The van der Waals surface area contributed by atoms with Gasteiger partial charge in [0.25, 0.3) is 11.5 Å². The third-order valence-electron chi connectivity index (χ3n) is 6.09. The highest BCUT2D eigenvalue weighted by molar-refractivity contribution is 6.05. The molecule has 2 N–H and O–H groups in total. The Kier molecular flexibility index (Phi) is 7.18. The second-order valence-corrected chi connectivity index (χ2v) is 8.17. The molecule has 1 aromatic carbocycles. The smallest absolute Gasteiger partial charge is 0.263 e. The lowest BCUT2D eigenvalue weighted by Crippen LogP contribution is -2.37. The number of hydrogen-bond donors (Lipinski definition) is 2. The number of hydrogen-bond acceptors (Lipinski definition) is 4. The SMILES string of the molecule is Cc1ccc(NC(=O)c2c(C)ccn(C3CCNCC3)c2=O)cc1N1CCCC1=O.Cl. The van der Waals surface area contributed by atoms with E-state index in [0.717, 1.165) is 43.6 Å². The second kappa shape index (κ2) is 9.66. The fourth-order valence-corrected chi connectivity index (χ4v) is 4.36. The zero-order valence-corrected chi connectivity index (χ0v) is 18.8. The van der Waals surface area contributed by atoms with Crippen molar-refractivity contribution in [2.24, 2.45) is 0 Å². The molecule has 0 aliphatic carbocycles. The van der Waals surface area contributed by atoms with Gasteiger partial charge in [-0.25, -0.2) is 0 Å². The molecule has 0 spiro atoms. The quantitative estimate of drug-likeness (QED) is 0.758. The van der Waals surface area contributed by atoms with E-state index in [1.807, 2.05) is 25.1 Å². The number of benzene rings is 1. The van der Waals surface area contributed by atoms with Gasteiger partial charge in [-0.2, -0.15) is 0 Å². The van der Waals surface area contributed by atoms with Gasteiger partial charge in [-0.15, -0.1) is 12.4 Å². The summed E-state index contributed by atoms with van der Waals surface area (Å²) in [7, 11) is 0. The van der Waals surface area contributed by atoms with Crippen LogP contribution in [0.1, 0.15) is 53.2 Å². The minimum Gasteiger partial charge on any atom is -0.322 e. The maximum atomic E-state index is 13.1. The molecule has 3 heterocycles. The Labute approximate surface area is 188 Å². The number of rotatable bonds is 4. The van der Waals surface area contributed by atoms with Gasteiger partial charge in [0.2, 0.25) is 5.91 Å². The number of nitrogens with zero attached hydrogens (tertiary/aromatic N) is 2. The monoisotopic (exact) mass is 444 g/mol. The van der Waals surface area contributed by atoms with E-state index < -0.39 is 5.91 Å². The minimum atomic E-state index is -0.414. The molecule has 0 bridgehead atoms. The van der Waals surface area contributed by atoms with E-state index in [4.69, 9.17) is 0 Å². The summed E-state index contributed by atoms with van der Waals surface area (Å²) in [5.41, 5.74) is 2.96. The maximum absolute atomic E-state index is 13.1. The van der Waals surface area contributed by atoms with Crippen molar-refractivity contribution in [3.8, 4) is 0 Å². The molecule has 0 unspecified atom stereocenters. The van der Waals surface area contributed by atoms with E-state index in [-0.39, 0.29) is 35.5 Å². The molecule has 7 nitrogen and oxygen atoms in total. The van der Waals surface area contributed by atoms with Crippen LogP contribution in [0.15, 0.2) is 35.3 Å². The second-order valence-electron chi connectivity index (χ2n) is 8.17. The highest BCUT2D eigenvalue weighted by atomic mass is 35.5. The van der Waals surface area contributed by atoms with Crippen molar-refractivity contribution in [1.82, 2.24) is 9.88 Å². The first-order chi connectivity index (χ1) is 14.5. The summed E-state index contributed by atoms with van der Waals surface area (Å²) in [6.07, 6.45) is 4.93. The molecular weight excluding hydrogens is 416 g/mol. The summed E-state index contributed by atoms with van der Waals surface area (Å²) in [5, 5.41) is 6.17. The molecule has 1 aromatic heterocycles. The molecule has 2 aliphatic heterocycles.